The van der Waals surface area contributed by atoms with Gasteiger partial charge in [0.05, 0.1) is 24.9 Å². The molecule has 0 saturated carbocycles. The van der Waals surface area contributed by atoms with Crippen LogP contribution in [0.4, 0.5) is 0 Å². The number of rotatable bonds is 5. The van der Waals surface area contributed by atoms with Crippen LogP contribution in [0, 0.1) is 0 Å². The summed E-state index contributed by atoms with van der Waals surface area (Å²) in [5.41, 5.74) is 1.07. The van der Waals surface area contributed by atoms with E-state index in [1.807, 2.05) is 41.2 Å². The number of aliphatic hydroxyl groups is 1. The molecule has 4 rings (SSSR count). The molecular formula is C22H29N5O6. The van der Waals surface area contributed by atoms with Crippen molar-refractivity contribution in [3.8, 4) is 22.8 Å². The lowest BCUT2D eigenvalue weighted by Crippen LogP contribution is -2.36. The number of nitrogens with zero attached hydrogens (tertiary/aromatic N) is 4. The maximum Gasteiger partial charge on any atom is 0.300 e. The number of imidazole rings is 1. The first-order valence-electron chi connectivity index (χ1n) is 10.2. The van der Waals surface area contributed by atoms with E-state index in [9.17, 15) is 5.11 Å². The number of carboxylic acids is 2. The van der Waals surface area contributed by atoms with Crippen molar-refractivity contribution in [3.05, 3.63) is 49.1 Å². The van der Waals surface area contributed by atoms with E-state index >= 15 is 0 Å². The van der Waals surface area contributed by atoms with Crippen LogP contribution in [0.2, 0.25) is 0 Å². The summed E-state index contributed by atoms with van der Waals surface area (Å²) in [7, 11) is 1.64. The van der Waals surface area contributed by atoms with Crippen molar-refractivity contribution < 1.29 is 29.6 Å². The molecule has 3 aromatic rings. The summed E-state index contributed by atoms with van der Waals surface area (Å²) >= 11 is 0. The predicted octanol–water partition coefficient (Wildman–Crippen LogP) is 1.65. The van der Waals surface area contributed by atoms with E-state index in [2.05, 4.69) is 15.4 Å². The molecule has 1 aliphatic heterocycles. The van der Waals surface area contributed by atoms with E-state index in [4.69, 9.17) is 24.5 Å². The summed E-state index contributed by atoms with van der Waals surface area (Å²) < 4.78 is 9.19. The van der Waals surface area contributed by atoms with E-state index in [1.165, 1.54) is 0 Å². The van der Waals surface area contributed by atoms with Crippen LogP contribution in [0.1, 0.15) is 20.3 Å². The minimum absolute atomic E-state index is 0.491. The number of carbonyl (C=O) groups is 2. The van der Waals surface area contributed by atoms with Crippen molar-refractivity contribution in [2.24, 2.45) is 0 Å². The molecule has 0 amide bonds. The van der Waals surface area contributed by atoms with Gasteiger partial charge in [0.1, 0.15) is 11.6 Å². The first-order valence-corrected chi connectivity index (χ1v) is 10.2. The number of benzene rings is 1. The zero-order chi connectivity index (χ0) is 24.4. The average molecular weight is 460 g/mol. The first-order chi connectivity index (χ1) is 15.6. The first kappa shape index (κ1) is 25.6. The highest BCUT2D eigenvalue weighted by molar-refractivity contribution is 5.69. The highest BCUT2D eigenvalue weighted by Gasteiger charge is 2.32. The Kier molecular flexibility index (Phi) is 9.13. The third kappa shape index (κ3) is 7.74. The molecule has 1 fully saturated rings. The number of hydrogen-bond donors (Lipinski definition) is 4. The van der Waals surface area contributed by atoms with Gasteiger partial charge in [-0.25, -0.2) is 9.67 Å². The van der Waals surface area contributed by atoms with Gasteiger partial charge in [-0.15, -0.1) is 0 Å². The van der Waals surface area contributed by atoms with Crippen LogP contribution in [0.15, 0.2) is 49.1 Å². The highest BCUT2D eigenvalue weighted by Crippen LogP contribution is 2.30. The molecule has 1 unspecified atom stereocenters. The number of aromatic nitrogens is 4. The van der Waals surface area contributed by atoms with Gasteiger partial charge in [0.15, 0.2) is 0 Å². The topological polar surface area (TPSA) is 152 Å². The van der Waals surface area contributed by atoms with Gasteiger partial charge < -0.3 is 29.9 Å². The van der Waals surface area contributed by atoms with Crippen LogP contribution >= 0.6 is 0 Å². The fourth-order valence-electron chi connectivity index (χ4n) is 3.30. The number of aliphatic carboxylic acids is 2. The van der Waals surface area contributed by atoms with E-state index in [0.717, 1.165) is 49.6 Å². The molecule has 0 bridgehead atoms. The number of nitrogens with one attached hydrogen (secondary N) is 1. The minimum Gasteiger partial charge on any atom is -0.497 e. The van der Waals surface area contributed by atoms with Crippen LogP contribution in [-0.2, 0) is 16.1 Å². The van der Waals surface area contributed by atoms with Crippen LogP contribution in [0.25, 0.3) is 17.1 Å². The molecule has 11 nitrogen and oxygen atoms in total. The molecule has 2 aromatic heterocycles. The number of methoxy groups -OCH3 is 1. The zero-order valence-corrected chi connectivity index (χ0v) is 18.8. The molecule has 1 aliphatic rings. The SMILES string of the molecule is CC(=O)O.CC(=O)O.COc1ccc(-n2cccn2)c(-c2nccn2CC2(O)CCNC2)c1. The summed E-state index contributed by atoms with van der Waals surface area (Å²) in [6.45, 7) is 4.08. The van der Waals surface area contributed by atoms with Gasteiger partial charge in [-0.3, -0.25) is 9.59 Å². The standard InChI is InChI=1S/C18H21N5O2.2C2H4O2/c1-25-14-3-4-16(23-9-2-6-21-23)15(11-14)17-20-8-10-22(17)13-18(24)5-7-19-12-18;2*1-2(3)4/h2-4,6,8-11,19,24H,5,7,12-13H2,1H3;2*1H3,(H,3,4). The lowest BCUT2D eigenvalue weighted by molar-refractivity contribution is -0.135. The number of hydrogen-bond acceptors (Lipinski definition) is 7. The molecule has 33 heavy (non-hydrogen) atoms. The van der Waals surface area contributed by atoms with Crippen molar-refractivity contribution in [3.63, 3.8) is 0 Å². The summed E-state index contributed by atoms with van der Waals surface area (Å²) in [5.74, 6) is -0.133. The fourth-order valence-corrected chi connectivity index (χ4v) is 3.30. The molecule has 1 aromatic carbocycles. The van der Waals surface area contributed by atoms with Crippen molar-refractivity contribution in [2.75, 3.05) is 20.2 Å². The van der Waals surface area contributed by atoms with E-state index < -0.39 is 17.5 Å². The summed E-state index contributed by atoms with van der Waals surface area (Å²) in [6, 6.07) is 7.70. The Morgan fingerprint density at radius 3 is 2.42 bits per heavy atom. The molecule has 1 saturated heterocycles. The van der Waals surface area contributed by atoms with Crippen molar-refractivity contribution in [1.82, 2.24) is 24.6 Å². The second kappa shape index (κ2) is 11.8. The van der Waals surface area contributed by atoms with Crippen molar-refractivity contribution >= 4 is 11.9 Å². The van der Waals surface area contributed by atoms with Gasteiger partial charge >= 0.3 is 0 Å². The quantitative estimate of drug-likeness (QED) is 0.446. The lowest BCUT2D eigenvalue weighted by Gasteiger charge is -2.23. The van der Waals surface area contributed by atoms with Gasteiger partial charge in [0, 0.05) is 50.7 Å². The molecule has 4 N–H and O–H groups in total. The Morgan fingerprint density at radius 1 is 1.18 bits per heavy atom. The van der Waals surface area contributed by atoms with E-state index in [1.54, 1.807) is 24.2 Å². The molecule has 0 radical (unpaired) electrons. The van der Waals surface area contributed by atoms with E-state index in [0.29, 0.717) is 13.1 Å². The van der Waals surface area contributed by atoms with Crippen LogP contribution in [0.5, 0.6) is 5.75 Å². The van der Waals surface area contributed by atoms with Crippen molar-refractivity contribution in [2.45, 2.75) is 32.4 Å². The molecule has 0 aliphatic carbocycles. The van der Waals surface area contributed by atoms with Crippen molar-refractivity contribution in [1.29, 1.82) is 0 Å². The van der Waals surface area contributed by atoms with Crippen LogP contribution < -0.4 is 10.1 Å². The van der Waals surface area contributed by atoms with Crippen LogP contribution in [-0.4, -0.2) is 72.4 Å². The maximum absolute atomic E-state index is 10.7. The Morgan fingerprint density at radius 2 is 1.88 bits per heavy atom. The summed E-state index contributed by atoms with van der Waals surface area (Å²) in [6.07, 6.45) is 8.03. The lowest BCUT2D eigenvalue weighted by atomic mass is 10.0. The minimum atomic E-state index is -0.833. The molecule has 11 heteroatoms. The monoisotopic (exact) mass is 459 g/mol. The van der Waals surface area contributed by atoms with Gasteiger partial charge in [0.25, 0.3) is 11.9 Å². The molecular weight excluding hydrogens is 430 g/mol. The average Bonchev–Trinajstić information content (AvgIpc) is 3.49. The van der Waals surface area contributed by atoms with Gasteiger partial charge in [-0.2, -0.15) is 5.10 Å². The molecule has 1 atom stereocenters. The third-order valence-electron chi connectivity index (χ3n) is 4.60. The van der Waals surface area contributed by atoms with E-state index in [-0.39, 0.29) is 0 Å². The van der Waals surface area contributed by atoms with Gasteiger partial charge in [0.2, 0.25) is 0 Å². The normalized spacial score (nSPS) is 16.7. The Labute approximate surface area is 191 Å². The Balaban J connectivity index is 0.000000420. The molecule has 178 valence electrons. The summed E-state index contributed by atoms with van der Waals surface area (Å²) in [5, 5.41) is 33.1. The van der Waals surface area contributed by atoms with Crippen LogP contribution in [0.3, 0.4) is 0 Å². The number of ether oxygens (including phenoxy) is 1. The van der Waals surface area contributed by atoms with Gasteiger partial charge in [-0.1, -0.05) is 0 Å². The largest absolute Gasteiger partial charge is 0.497 e. The fraction of sp³-hybridized carbons (Fsp3) is 0.364. The summed E-state index contributed by atoms with van der Waals surface area (Å²) in [4.78, 5) is 22.5. The second-order valence-corrected chi connectivity index (χ2v) is 7.40. The predicted molar refractivity (Wildman–Crippen MR) is 120 cm³/mol. The number of carboxylic acid groups (broad SMARTS) is 2. The maximum atomic E-state index is 10.7. The Bertz CT molecular complexity index is 1020. The number of β-amino-alcohol motifs (C(OH)–C–C–N with tert-alkyl or cyclic N) is 1. The van der Waals surface area contributed by atoms with Gasteiger partial charge in [-0.05, 0) is 37.2 Å². The third-order valence-corrected chi connectivity index (χ3v) is 4.60. The molecule has 0 spiro atoms. The highest BCUT2D eigenvalue weighted by atomic mass is 16.5. The smallest absolute Gasteiger partial charge is 0.300 e. The Hall–Kier alpha value is -3.70. The second-order valence-electron chi connectivity index (χ2n) is 7.40. The zero-order valence-electron chi connectivity index (χ0n) is 18.8. The molecule has 3 heterocycles.